The van der Waals surface area contributed by atoms with Gasteiger partial charge in [-0.15, -0.1) is 0 Å². The highest BCUT2D eigenvalue weighted by Gasteiger charge is 2.17. The molecule has 5 rings (SSSR count). The van der Waals surface area contributed by atoms with Crippen LogP contribution in [-0.4, -0.2) is 34.1 Å². The first-order valence-electron chi connectivity index (χ1n) is 10.9. The van der Waals surface area contributed by atoms with Crippen molar-refractivity contribution >= 4 is 20.7 Å². The van der Waals surface area contributed by atoms with Crippen LogP contribution in [0.1, 0.15) is 12.6 Å². The van der Waals surface area contributed by atoms with Gasteiger partial charge in [0.2, 0.25) is 0 Å². The molecule has 0 radical (unpaired) electrons. The van der Waals surface area contributed by atoms with Crippen LogP contribution in [-0.2, 0) is 9.84 Å². The predicted octanol–water partition coefficient (Wildman–Crippen LogP) is 5.27. The van der Waals surface area contributed by atoms with E-state index in [4.69, 9.17) is 9.47 Å². The quantitative estimate of drug-likeness (QED) is 0.322. The normalized spacial score (nSPS) is 11.2. The molecule has 0 aliphatic rings. The SMILES string of the molecule is CCS(=O)(=O)c1ccc(Oc2cc3cc(-c4ccccn4)[nH]c3cc2Oc2cccnc2C#N)cn1. The fraction of sp³-hybridized carbons (Fsp3) is 0.0769. The van der Waals surface area contributed by atoms with Crippen LogP contribution in [0.3, 0.4) is 0 Å². The van der Waals surface area contributed by atoms with E-state index in [1.165, 1.54) is 24.5 Å². The Balaban J connectivity index is 1.57. The second kappa shape index (κ2) is 9.48. The Morgan fingerprint density at radius 1 is 0.917 bits per heavy atom. The summed E-state index contributed by atoms with van der Waals surface area (Å²) >= 11 is 0. The van der Waals surface area contributed by atoms with Gasteiger partial charge >= 0.3 is 0 Å². The lowest BCUT2D eigenvalue weighted by molar-refractivity contribution is 0.416. The van der Waals surface area contributed by atoms with Crippen molar-refractivity contribution in [2.24, 2.45) is 0 Å². The molecule has 36 heavy (non-hydrogen) atoms. The number of H-pyrrole nitrogens is 1. The number of aromatic amines is 1. The van der Waals surface area contributed by atoms with Crippen molar-refractivity contribution in [2.45, 2.75) is 11.9 Å². The minimum absolute atomic E-state index is 0.0241. The van der Waals surface area contributed by atoms with Crippen LogP contribution in [0, 0.1) is 11.3 Å². The molecule has 9 nitrogen and oxygen atoms in total. The summed E-state index contributed by atoms with van der Waals surface area (Å²) in [6.45, 7) is 1.56. The zero-order chi connectivity index (χ0) is 25.1. The monoisotopic (exact) mass is 497 g/mol. The number of hydrogen-bond acceptors (Lipinski definition) is 8. The number of rotatable bonds is 7. The van der Waals surface area contributed by atoms with E-state index in [2.05, 4.69) is 19.9 Å². The molecule has 0 aliphatic carbocycles. The van der Waals surface area contributed by atoms with Crippen LogP contribution >= 0.6 is 0 Å². The first-order chi connectivity index (χ1) is 17.5. The molecule has 0 saturated carbocycles. The van der Waals surface area contributed by atoms with Crippen molar-refractivity contribution in [3.63, 3.8) is 0 Å². The Morgan fingerprint density at radius 3 is 2.47 bits per heavy atom. The number of ether oxygens (including phenoxy) is 2. The molecule has 178 valence electrons. The number of nitrogens with one attached hydrogen (secondary N) is 1. The Morgan fingerprint density at radius 2 is 1.75 bits per heavy atom. The molecule has 0 spiro atoms. The summed E-state index contributed by atoms with van der Waals surface area (Å²) in [5.74, 6) is 1.21. The third kappa shape index (κ3) is 4.60. The zero-order valence-electron chi connectivity index (χ0n) is 19.0. The molecule has 0 atom stereocenters. The highest BCUT2D eigenvalue weighted by Crippen LogP contribution is 2.39. The fourth-order valence-corrected chi connectivity index (χ4v) is 4.31. The molecular formula is C26H19N5O4S. The molecule has 4 heterocycles. The van der Waals surface area contributed by atoms with Crippen molar-refractivity contribution in [2.75, 3.05) is 5.75 Å². The predicted molar refractivity (Wildman–Crippen MR) is 133 cm³/mol. The maximum atomic E-state index is 12.1. The van der Waals surface area contributed by atoms with Gasteiger partial charge in [0, 0.05) is 29.4 Å². The fourth-order valence-electron chi connectivity index (χ4n) is 3.52. The lowest BCUT2D eigenvalue weighted by Crippen LogP contribution is -2.05. The van der Waals surface area contributed by atoms with Crippen molar-refractivity contribution in [1.82, 2.24) is 19.9 Å². The summed E-state index contributed by atoms with van der Waals surface area (Å²) in [5, 5.41) is 10.2. The molecule has 10 heteroatoms. The van der Waals surface area contributed by atoms with E-state index in [1.54, 1.807) is 37.4 Å². The zero-order valence-corrected chi connectivity index (χ0v) is 19.9. The van der Waals surface area contributed by atoms with Gasteiger partial charge in [-0.3, -0.25) is 4.98 Å². The van der Waals surface area contributed by atoms with Crippen LogP contribution in [0.4, 0.5) is 0 Å². The van der Waals surface area contributed by atoms with Gasteiger partial charge in [-0.05, 0) is 48.5 Å². The molecule has 4 aromatic heterocycles. The van der Waals surface area contributed by atoms with Gasteiger partial charge in [-0.1, -0.05) is 13.0 Å². The average molecular weight is 498 g/mol. The van der Waals surface area contributed by atoms with E-state index in [0.29, 0.717) is 17.2 Å². The van der Waals surface area contributed by atoms with E-state index in [0.717, 1.165) is 22.3 Å². The molecule has 0 amide bonds. The van der Waals surface area contributed by atoms with E-state index in [1.807, 2.05) is 30.3 Å². The topological polar surface area (TPSA) is 131 Å². The standard InChI is InChI=1S/C26H19N5O4S/c1-2-36(32,33)26-9-8-18(16-30-26)34-24-13-17-12-21(19-6-3-4-10-28-19)31-20(17)14-25(24)35-23-7-5-11-29-22(23)15-27/h3-14,16,31H,2H2,1H3. The van der Waals surface area contributed by atoms with Gasteiger partial charge in [0.15, 0.2) is 37.8 Å². The largest absolute Gasteiger partial charge is 0.452 e. The summed E-state index contributed by atoms with van der Waals surface area (Å²) in [6.07, 6.45) is 4.57. The second-order valence-corrected chi connectivity index (χ2v) is 9.91. The van der Waals surface area contributed by atoms with Crippen molar-refractivity contribution in [1.29, 1.82) is 5.26 Å². The van der Waals surface area contributed by atoms with Gasteiger partial charge in [-0.25, -0.2) is 18.4 Å². The van der Waals surface area contributed by atoms with Gasteiger partial charge in [0.1, 0.15) is 11.8 Å². The summed E-state index contributed by atoms with van der Waals surface area (Å²) < 4.78 is 36.3. The molecule has 0 saturated heterocycles. The first-order valence-corrected chi connectivity index (χ1v) is 12.6. The van der Waals surface area contributed by atoms with Crippen LogP contribution < -0.4 is 9.47 Å². The van der Waals surface area contributed by atoms with Crippen LogP contribution in [0.5, 0.6) is 23.0 Å². The summed E-state index contributed by atoms with van der Waals surface area (Å²) in [4.78, 5) is 15.8. The smallest absolute Gasteiger partial charge is 0.195 e. The Labute approximate surface area is 206 Å². The van der Waals surface area contributed by atoms with Gasteiger partial charge < -0.3 is 14.5 Å². The second-order valence-electron chi connectivity index (χ2n) is 7.69. The third-order valence-electron chi connectivity index (χ3n) is 5.36. The maximum Gasteiger partial charge on any atom is 0.195 e. The molecule has 1 N–H and O–H groups in total. The molecular weight excluding hydrogens is 478 g/mol. The molecule has 0 aliphatic heterocycles. The van der Waals surface area contributed by atoms with E-state index in [9.17, 15) is 13.7 Å². The van der Waals surface area contributed by atoms with E-state index >= 15 is 0 Å². The minimum atomic E-state index is -3.44. The summed E-state index contributed by atoms with van der Waals surface area (Å²) in [6, 6.07) is 19.4. The van der Waals surface area contributed by atoms with E-state index in [-0.39, 0.29) is 22.2 Å². The van der Waals surface area contributed by atoms with Crippen molar-refractivity contribution < 1.29 is 17.9 Å². The Kier molecular flexibility index (Phi) is 6.06. The number of pyridine rings is 3. The van der Waals surface area contributed by atoms with Gasteiger partial charge in [0.05, 0.1) is 23.3 Å². The van der Waals surface area contributed by atoms with Crippen molar-refractivity contribution in [3.05, 3.63) is 84.9 Å². The number of hydrogen-bond donors (Lipinski definition) is 1. The molecule has 5 aromatic rings. The number of sulfone groups is 1. The Bertz CT molecular complexity index is 1690. The van der Waals surface area contributed by atoms with E-state index < -0.39 is 9.84 Å². The molecule has 1 aromatic carbocycles. The molecule has 0 fully saturated rings. The number of fused-ring (bicyclic) bond motifs is 1. The number of nitriles is 1. The minimum Gasteiger partial charge on any atom is -0.452 e. The van der Waals surface area contributed by atoms with Crippen LogP contribution in [0.25, 0.3) is 22.3 Å². The summed E-state index contributed by atoms with van der Waals surface area (Å²) in [5.41, 5.74) is 2.47. The lowest BCUT2D eigenvalue weighted by atomic mass is 10.2. The Hall–Kier alpha value is -4.75. The van der Waals surface area contributed by atoms with Crippen molar-refractivity contribution in [3.8, 4) is 40.5 Å². The highest BCUT2D eigenvalue weighted by atomic mass is 32.2. The third-order valence-corrected chi connectivity index (χ3v) is 7.00. The number of aromatic nitrogens is 4. The molecule has 0 unspecified atom stereocenters. The van der Waals surface area contributed by atoms with Gasteiger partial charge in [0.25, 0.3) is 0 Å². The maximum absolute atomic E-state index is 12.1. The highest BCUT2D eigenvalue weighted by molar-refractivity contribution is 7.91. The number of nitrogens with zero attached hydrogens (tertiary/aromatic N) is 4. The number of benzene rings is 1. The van der Waals surface area contributed by atoms with Crippen LogP contribution in [0.15, 0.2) is 84.3 Å². The summed E-state index contributed by atoms with van der Waals surface area (Å²) in [7, 11) is -3.44. The molecule has 0 bridgehead atoms. The van der Waals surface area contributed by atoms with Crippen LogP contribution in [0.2, 0.25) is 0 Å². The first kappa shape index (κ1) is 23.0. The van der Waals surface area contributed by atoms with Gasteiger partial charge in [-0.2, -0.15) is 5.26 Å². The lowest BCUT2D eigenvalue weighted by Gasteiger charge is -2.13. The average Bonchev–Trinajstić information content (AvgIpc) is 3.33.